The van der Waals surface area contributed by atoms with Gasteiger partial charge in [0.15, 0.2) is 0 Å². The van der Waals surface area contributed by atoms with Crippen molar-refractivity contribution >= 4 is 5.91 Å². The van der Waals surface area contributed by atoms with Gasteiger partial charge in [0.1, 0.15) is 6.61 Å². The zero-order chi connectivity index (χ0) is 14.7. The van der Waals surface area contributed by atoms with Crippen molar-refractivity contribution in [1.29, 1.82) is 0 Å². The second kappa shape index (κ2) is 6.90. The van der Waals surface area contributed by atoms with E-state index < -0.39 is 0 Å². The van der Waals surface area contributed by atoms with Crippen LogP contribution in [0, 0.1) is 11.8 Å². The Balaban J connectivity index is 1.75. The lowest BCUT2D eigenvalue weighted by Gasteiger charge is -2.27. The van der Waals surface area contributed by atoms with E-state index in [1.165, 1.54) is 12.8 Å². The molecule has 0 radical (unpaired) electrons. The summed E-state index contributed by atoms with van der Waals surface area (Å²) in [5.74, 6) is 1.46. The zero-order valence-electron chi connectivity index (χ0n) is 13.5. The molecule has 4 nitrogen and oxygen atoms in total. The molecule has 2 rings (SSSR count). The van der Waals surface area contributed by atoms with E-state index in [1.807, 2.05) is 4.90 Å². The Labute approximate surface area is 123 Å². The number of nitrogens with zero attached hydrogens (tertiary/aromatic N) is 2. The molecule has 0 aromatic carbocycles. The number of likely N-dealkylation sites (tertiary alicyclic amines) is 1. The monoisotopic (exact) mass is 282 g/mol. The summed E-state index contributed by atoms with van der Waals surface area (Å²) in [6.45, 7) is 6.48. The first-order chi connectivity index (χ1) is 9.47. The molecule has 0 aromatic rings. The van der Waals surface area contributed by atoms with E-state index in [4.69, 9.17) is 4.74 Å². The van der Waals surface area contributed by atoms with Gasteiger partial charge in [0.25, 0.3) is 0 Å². The summed E-state index contributed by atoms with van der Waals surface area (Å²) < 4.78 is 5.85. The third kappa shape index (κ3) is 3.95. The highest BCUT2D eigenvalue weighted by Crippen LogP contribution is 2.26. The molecule has 1 amide bonds. The quantitative estimate of drug-likeness (QED) is 0.790. The molecule has 1 aliphatic carbocycles. The van der Waals surface area contributed by atoms with Crippen LogP contribution in [0.1, 0.15) is 39.5 Å². The fraction of sp³-hybridized carbons (Fsp3) is 0.938. The Bertz CT molecular complexity index is 332. The maximum atomic E-state index is 12.3. The lowest BCUT2D eigenvalue weighted by Crippen LogP contribution is -2.37. The molecular formula is C16H30N2O2. The van der Waals surface area contributed by atoms with E-state index in [0.29, 0.717) is 18.1 Å². The van der Waals surface area contributed by atoms with Gasteiger partial charge in [-0.15, -0.1) is 0 Å². The van der Waals surface area contributed by atoms with Crippen molar-refractivity contribution in [3.63, 3.8) is 0 Å². The maximum absolute atomic E-state index is 12.3. The van der Waals surface area contributed by atoms with E-state index >= 15 is 0 Å². The van der Waals surface area contributed by atoms with Crippen LogP contribution in [0.25, 0.3) is 0 Å². The summed E-state index contributed by atoms with van der Waals surface area (Å²) in [5.41, 5.74) is 0. The van der Waals surface area contributed by atoms with Crippen LogP contribution in [-0.2, 0) is 9.53 Å². The third-order valence-corrected chi connectivity index (χ3v) is 4.92. The Morgan fingerprint density at radius 1 is 1.25 bits per heavy atom. The van der Waals surface area contributed by atoms with Crippen LogP contribution < -0.4 is 0 Å². The van der Waals surface area contributed by atoms with Crippen molar-refractivity contribution in [2.75, 3.05) is 33.8 Å². The number of carbonyl (C=O) groups is 1. The molecule has 116 valence electrons. The predicted molar refractivity (Wildman–Crippen MR) is 80.6 cm³/mol. The van der Waals surface area contributed by atoms with Gasteiger partial charge in [-0.25, -0.2) is 0 Å². The van der Waals surface area contributed by atoms with Gasteiger partial charge in [0, 0.05) is 19.1 Å². The van der Waals surface area contributed by atoms with E-state index in [2.05, 4.69) is 32.8 Å². The summed E-state index contributed by atoms with van der Waals surface area (Å²) in [4.78, 5) is 16.5. The molecule has 1 saturated heterocycles. The van der Waals surface area contributed by atoms with E-state index in [9.17, 15) is 4.79 Å². The average Bonchev–Trinajstić information content (AvgIpc) is 2.78. The number of amides is 1. The summed E-state index contributed by atoms with van der Waals surface area (Å²) in [6, 6.07) is 0.480. The molecule has 0 aromatic heterocycles. The molecule has 4 atom stereocenters. The van der Waals surface area contributed by atoms with E-state index in [-0.39, 0.29) is 12.5 Å². The predicted octanol–water partition coefficient (Wildman–Crippen LogP) is 1.99. The van der Waals surface area contributed by atoms with E-state index in [1.54, 1.807) is 0 Å². The molecule has 2 fully saturated rings. The van der Waals surface area contributed by atoms with Gasteiger partial charge in [0.05, 0.1) is 6.10 Å². The minimum absolute atomic E-state index is 0.166. The highest BCUT2D eigenvalue weighted by Gasteiger charge is 2.33. The number of rotatable bonds is 4. The summed E-state index contributed by atoms with van der Waals surface area (Å²) >= 11 is 0. The van der Waals surface area contributed by atoms with Crippen LogP contribution in [-0.4, -0.2) is 61.6 Å². The minimum Gasteiger partial charge on any atom is -0.368 e. The van der Waals surface area contributed by atoms with Gasteiger partial charge in [-0.1, -0.05) is 26.7 Å². The standard InChI is InChI=1S/C16H30N2O2/c1-12-6-5-7-14(8-12)20-11-16(19)18-9-13(2)15(10-18)17(3)4/h12-15H,5-11H2,1-4H3/t12-,13-,14+,15+/m1/s1. The number of ether oxygens (including phenoxy) is 1. The highest BCUT2D eigenvalue weighted by molar-refractivity contribution is 5.77. The van der Waals surface area contributed by atoms with Crippen LogP contribution in [0.15, 0.2) is 0 Å². The van der Waals surface area contributed by atoms with Crippen molar-refractivity contribution in [2.24, 2.45) is 11.8 Å². The molecule has 0 unspecified atom stereocenters. The summed E-state index contributed by atoms with van der Waals surface area (Å²) in [7, 11) is 4.18. The first kappa shape index (κ1) is 15.8. The zero-order valence-corrected chi connectivity index (χ0v) is 13.5. The molecule has 1 saturated carbocycles. The minimum atomic E-state index is 0.166. The second-order valence-electron chi connectivity index (χ2n) is 7.01. The van der Waals surface area contributed by atoms with Crippen LogP contribution >= 0.6 is 0 Å². The Morgan fingerprint density at radius 2 is 2.00 bits per heavy atom. The van der Waals surface area contributed by atoms with Crippen LogP contribution in [0.4, 0.5) is 0 Å². The second-order valence-corrected chi connectivity index (χ2v) is 7.01. The van der Waals surface area contributed by atoms with Crippen LogP contribution in [0.2, 0.25) is 0 Å². The maximum Gasteiger partial charge on any atom is 0.248 e. The lowest BCUT2D eigenvalue weighted by molar-refractivity contribution is -0.138. The topological polar surface area (TPSA) is 32.8 Å². The Morgan fingerprint density at radius 3 is 2.60 bits per heavy atom. The summed E-state index contributed by atoms with van der Waals surface area (Å²) in [5, 5.41) is 0. The lowest BCUT2D eigenvalue weighted by atomic mass is 9.89. The molecule has 1 heterocycles. The Kier molecular flexibility index (Phi) is 5.44. The van der Waals surface area contributed by atoms with Gasteiger partial charge in [-0.2, -0.15) is 0 Å². The number of likely N-dealkylation sites (N-methyl/N-ethyl adjacent to an activating group) is 1. The van der Waals surface area contributed by atoms with Crippen molar-refractivity contribution < 1.29 is 9.53 Å². The van der Waals surface area contributed by atoms with Gasteiger partial charge < -0.3 is 14.5 Å². The van der Waals surface area contributed by atoms with Crippen molar-refractivity contribution in [3.8, 4) is 0 Å². The fourth-order valence-electron chi connectivity index (χ4n) is 3.64. The van der Waals surface area contributed by atoms with E-state index in [0.717, 1.165) is 31.8 Å². The molecular weight excluding hydrogens is 252 g/mol. The van der Waals surface area contributed by atoms with Crippen LogP contribution in [0.3, 0.4) is 0 Å². The largest absolute Gasteiger partial charge is 0.368 e. The fourth-order valence-corrected chi connectivity index (χ4v) is 3.64. The summed E-state index contributed by atoms with van der Waals surface area (Å²) in [6.07, 6.45) is 5.08. The third-order valence-electron chi connectivity index (χ3n) is 4.92. The Hall–Kier alpha value is -0.610. The average molecular weight is 282 g/mol. The molecule has 20 heavy (non-hydrogen) atoms. The first-order valence-electron chi connectivity index (χ1n) is 8.03. The molecule has 4 heteroatoms. The van der Waals surface area contributed by atoms with Gasteiger partial charge in [-0.3, -0.25) is 4.79 Å². The first-order valence-corrected chi connectivity index (χ1v) is 8.03. The number of hydrogen-bond acceptors (Lipinski definition) is 3. The number of carbonyl (C=O) groups excluding carboxylic acids is 1. The number of hydrogen-bond donors (Lipinski definition) is 0. The van der Waals surface area contributed by atoms with Gasteiger partial charge in [-0.05, 0) is 38.8 Å². The van der Waals surface area contributed by atoms with Gasteiger partial charge >= 0.3 is 0 Å². The van der Waals surface area contributed by atoms with Gasteiger partial charge in [0.2, 0.25) is 5.91 Å². The van der Waals surface area contributed by atoms with Crippen LogP contribution in [0.5, 0.6) is 0 Å². The smallest absolute Gasteiger partial charge is 0.248 e. The molecule has 0 bridgehead atoms. The highest BCUT2D eigenvalue weighted by atomic mass is 16.5. The van der Waals surface area contributed by atoms with Crippen molar-refractivity contribution in [1.82, 2.24) is 9.80 Å². The molecule has 2 aliphatic rings. The van der Waals surface area contributed by atoms with Crippen molar-refractivity contribution in [2.45, 2.75) is 51.7 Å². The molecule has 0 N–H and O–H groups in total. The SMILES string of the molecule is C[C@@H]1CCC[C@H](OCC(=O)N2C[C@@H](C)[C@@H](N(C)C)C2)C1. The molecule has 0 spiro atoms. The normalized spacial score (nSPS) is 34.8. The molecule has 1 aliphatic heterocycles. The van der Waals surface area contributed by atoms with Crippen molar-refractivity contribution in [3.05, 3.63) is 0 Å².